The van der Waals surface area contributed by atoms with Gasteiger partial charge in [0.2, 0.25) is 0 Å². The highest BCUT2D eigenvalue weighted by Crippen LogP contribution is 2.16. The highest BCUT2D eigenvalue weighted by atomic mass is 16.6. The molecule has 0 fully saturated rings. The number of carbonyl (C=O) groups is 4. The Morgan fingerprint density at radius 3 is 1.35 bits per heavy atom. The molecule has 1 amide bonds. The van der Waals surface area contributed by atoms with Crippen molar-refractivity contribution in [1.29, 1.82) is 0 Å². The van der Waals surface area contributed by atoms with Gasteiger partial charge in [-0.1, -0.05) is 173 Å². The van der Waals surface area contributed by atoms with Gasteiger partial charge in [0, 0.05) is 25.9 Å². The summed E-state index contributed by atoms with van der Waals surface area (Å²) in [5.74, 6) is -1.33. The van der Waals surface area contributed by atoms with Crippen molar-refractivity contribution in [1.82, 2.24) is 10.2 Å². The van der Waals surface area contributed by atoms with Gasteiger partial charge in [-0.25, -0.2) is 4.79 Å². The summed E-state index contributed by atoms with van der Waals surface area (Å²) in [6.07, 6.45) is 47.3. The molecule has 0 aliphatic heterocycles. The van der Waals surface area contributed by atoms with E-state index in [9.17, 15) is 19.2 Å². The zero-order valence-corrected chi connectivity index (χ0v) is 43.1. The van der Waals surface area contributed by atoms with E-state index in [1.54, 1.807) is 0 Å². The number of amides is 1. The first kappa shape index (κ1) is 62.6. The van der Waals surface area contributed by atoms with E-state index in [0.717, 1.165) is 129 Å². The third kappa shape index (κ3) is 45.7. The lowest BCUT2D eigenvalue weighted by atomic mass is 10.1. The number of rotatable bonds is 47. The summed E-state index contributed by atoms with van der Waals surface area (Å²) in [5.41, 5.74) is 0. The number of esters is 3. The van der Waals surface area contributed by atoms with Gasteiger partial charge in [0.1, 0.15) is 19.3 Å². The van der Waals surface area contributed by atoms with Crippen LogP contribution in [0.1, 0.15) is 233 Å². The summed E-state index contributed by atoms with van der Waals surface area (Å²) in [6.45, 7) is 10.2. The van der Waals surface area contributed by atoms with E-state index in [1.165, 1.54) is 57.8 Å². The Labute approximate surface area is 404 Å². The Balaban J connectivity index is 5.02. The van der Waals surface area contributed by atoms with Crippen molar-refractivity contribution in [3.8, 4) is 0 Å². The second kappa shape index (κ2) is 49.5. The van der Waals surface area contributed by atoms with Crippen LogP contribution in [0.5, 0.6) is 0 Å². The molecule has 0 saturated carbocycles. The van der Waals surface area contributed by atoms with Gasteiger partial charge in [0.05, 0.1) is 6.42 Å². The summed E-state index contributed by atoms with van der Waals surface area (Å²) in [4.78, 5) is 53.7. The lowest BCUT2D eigenvalue weighted by molar-refractivity contribution is -0.168. The monoisotopic (exact) mass is 929 g/mol. The van der Waals surface area contributed by atoms with Crippen LogP contribution in [0.15, 0.2) is 48.6 Å². The first-order valence-electron chi connectivity index (χ1n) is 27.0. The van der Waals surface area contributed by atoms with Gasteiger partial charge in [-0.15, -0.1) is 0 Å². The molecule has 0 bridgehead atoms. The fraction of sp³-hybridized carbons (Fsp3) is 0.786. The molecule has 0 aromatic carbocycles. The molecule has 0 radical (unpaired) electrons. The van der Waals surface area contributed by atoms with Crippen LogP contribution in [-0.2, 0) is 33.3 Å². The molecule has 10 nitrogen and oxygen atoms in total. The molecule has 0 saturated heterocycles. The van der Waals surface area contributed by atoms with E-state index >= 15 is 0 Å². The van der Waals surface area contributed by atoms with E-state index < -0.39 is 24.3 Å². The van der Waals surface area contributed by atoms with Crippen LogP contribution in [0, 0.1) is 0 Å². The third-order valence-corrected chi connectivity index (χ3v) is 11.7. The minimum atomic E-state index is -0.965. The van der Waals surface area contributed by atoms with Crippen molar-refractivity contribution in [2.24, 2.45) is 0 Å². The van der Waals surface area contributed by atoms with Crippen molar-refractivity contribution < 1.29 is 38.1 Å². The highest BCUT2D eigenvalue weighted by Gasteiger charge is 2.24. The Morgan fingerprint density at radius 1 is 0.470 bits per heavy atom. The molecule has 0 aromatic heterocycles. The van der Waals surface area contributed by atoms with Crippen LogP contribution in [0.4, 0.5) is 4.79 Å². The maximum atomic E-state index is 13.4. The average molecular weight is 929 g/mol. The van der Waals surface area contributed by atoms with Gasteiger partial charge >= 0.3 is 24.0 Å². The number of hydrogen-bond donors (Lipinski definition) is 1. The Kier molecular flexibility index (Phi) is 47.0. The second-order valence-electron chi connectivity index (χ2n) is 18.0. The zero-order chi connectivity index (χ0) is 48.4. The molecule has 382 valence electrons. The standard InChI is InChI=1S/C56H100N2O8/c1-6-10-13-16-19-21-23-25-27-29-31-33-35-38-41-44-53(59)63-49-52(50-64-54(60)45-42-39-36-34-32-30-28-26-24-22-20-17-14-11-7-2)65-55(61)48-51(43-40-37-18-15-12-8-3)66-56(62)57-46-47-58(5)9-4/h19-22,25-28,51-52H,6-18,23-24,29-50H2,1-5H3,(H,57,62)/b21-19-,22-20-,27-25-,28-26-. The number of likely N-dealkylation sites (N-methyl/N-ethyl adjacent to an activating group) is 1. The predicted molar refractivity (Wildman–Crippen MR) is 275 cm³/mol. The molecule has 1 N–H and O–H groups in total. The summed E-state index contributed by atoms with van der Waals surface area (Å²) < 4.78 is 22.7. The lowest BCUT2D eigenvalue weighted by Crippen LogP contribution is -2.36. The van der Waals surface area contributed by atoms with E-state index in [2.05, 4.69) is 79.6 Å². The van der Waals surface area contributed by atoms with Crippen LogP contribution in [0.25, 0.3) is 0 Å². The lowest BCUT2D eigenvalue weighted by Gasteiger charge is -2.21. The smallest absolute Gasteiger partial charge is 0.407 e. The molecule has 0 spiro atoms. The van der Waals surface area contributed by atoms with Gasteiger partial charge in [-0.05, 0) is 103 Å². The molecule has 0 aliphatic rings. The Morgan fingerprint density at radius 2 is 0.879 bits per heavy atom. The average Bonchev–Trinajstić information content (AvgIpc) is 3.30. The SMILES string of the molecule is CCCCC/C=C\C/C=C\CCCCCCCC(=O)OCC(COC(=O)CCCCCCC/C=C\C/C=C\CCCCC)OC(=O)CC(CCCCCCCC)OC(=O)NCCN(C)CC. The van der Waals surface area contributed by atoms with E-state index in [-0.39, 0.29) is 44.4 Å². The number of hydrogen-bond acceptors (Lipinski definition) is 9. The number of carbonyl (C=O) groups excluding carboxylic acids is 4. The number of nitrogens with one attached hydrogen (secondary N) is 1. The molecule has 1 atom stereocenters. The Bertz CT molecular complexity index is 1200. The van der Waals surface area contributed by atoms with Gasteiger partial charge < -0.3 is 29.2 Å². The molecule has 0 heterocycles. The fourth-order valence-electron chi connectivity index (χ4n) is 7.27. The number of alkyl carbamates (subject to hydrolysis) is 1. The first-order valence-corrected chi connectivity index (χ1v) is 27.0. The van der Waals surface area contributed by atoms with Gasteiger partial charge in [0.25, 0.3) is 0 Å². The summed E-state index contributed by atoms with van der Waals surface area (Å²) in [5, 5.41) is 2.79. The van der Waals surface area contributed by atoms with Crippen molar-refractivity contribution >= 4 is 24.0 Å². The third-order valence-electron chi connectivity index (χ3n) is 11.7. The first-order chi connectivity index (χ1) is 32.2. The summed E-state index contributed by atoms with van der Waals surface area (Å²) in [6, 6.07) is 0. The fourth-order valence-corrected chi connectivity index (χ4v) is 7.27. The van der Waals surface area contributed by atoms with E-state index in [1.807, 2.05) is 14.0 Å². The minimum Gasteiger partial charge on any atom is -0.462 e. The van der Waals surface area contributed by atoms with Crippen molar-refractivity contribution in [2.75, 3.05) is 39.9 Å². The molecule has 0 rings (SSSR count). The van der Waals surface area contributed by atoms with Crippen LogP contribution in [-0.4, -0.2) is 81.0 Å². The molecular formula is C56H100N2O8. The molecule has 0 aliphatic carbocycles. The topological polar surface area (TPSA) is 120 Å². The molecule has 1 unspecified atom stereocenters. The van der Waals surface area contributed by atoms with Crippen molar-refractivity contribution in [3.05, 3.63) is 48.6 Å². The highest BCUT2D eigenvalue weighted by molar-refractivity contribution is 5.72. The minimum absolute atomic E-state index is 0.145. The normalized spacial score (nSPS) is 12.3. The van der Waals surface area contributed by atoms with Crippen LogP contribution in [0.3, 0.4) is 0 Å². The van der Waals surface area contributed by atoms with E-state index in [4.69, 9.17) is 18.9 Å². The number of allylic oxidation sites excluding steroid dienone is 8. The maximum absolute atomic E-state index is 13.4. The quantitative estimate of drug-likeness (QED) is 0.0275. The summed E-state index contributed by atoms with van der Waals surface area (Å²) in [7, 11) is 1.98. The number of nitrogens with zero attached hydrogens (tertiary/aromatic N) is 1. The Hall–Kier alpha value is -3.40. The van der Waals surface area contributed by atoms with Gasteiger partial charge in [-0.3, -0.25) is 14.4 Å². The zero-order valence-electron chi connectivity index (χ0n) is 43.1. The van der Waals surface area contributed by atoms with Crippen LogP contribution in [0.2, 0.25) is 0 Å². The van der Waals surface area contributed by atoms with Gasteiger partial charge in [0.15, 0.2) is 6.10 Å². The molecular weight excluding hydrogens is 829 g/mol. The predicted octanol–water partition coefficient (Wildman–Crippen LogP) is 14.8. The largest absolute Gasteiger partial charge is 0.462 e. The number of unbranched alkanes of at least 4 members (excludes halogenated alkanes) is 21. The van der Waals surface area contributed by atoms with Crippen molar-refractivity contribution in [3.63, 3.8) is 0 Å². The van der Waals surface area contributed by atoms with Gasteiger partial charge in [-0.2, -0.15) is 0 Å². The maximum Gasteiger partial charge on any atom is 0.407 e. The van der Waals surface area contributed by atoms with Crippen LogP contribution < -0.4 is 5.32 Å². The summed E-state index contributed by atoms with van der Waals surface area (Å²) >= 11 is 0. The molecule has 10 heteroatoms. The molecule has 0 aromatic rings. The second-order valence-corrected chi connectivity index (χ2v) is 18.0. The molecule has 66 heavy (non-hydrogen) atoms. The number of ether oxygens (including phenoxy) is 4. The van der Waals surface area contributed by atoms with Crippen molar-refractivity contribution in [2.45, 2.75) is 245 Å². The van der Waals surface area contributed by atoms with E-state index in [0.29, 0.717) is 19.5 Å². The van der Waals surface area contributed by atoms with Crippen LogP contribution >= 0.6 is 0 Å².